The fourth-order valence-electron chi connectivity index (χ4n) is 2.95. The van der Waals surface area contributed by atoms with Crippen molar-refractivity contribution in [3.05, 3.63) is 65.7 Å². The zero-order valence-corrected chi connectivity index (χ0v) is 13.9. The van der Waals surface area contributed by atoms with Gasteiger partial charge in [-0.15, -0.1) is 0 Å². The normalized spacial score (nSPS) is 15.0. The maximum atomic E-state index is 12.4. The number of rotatable bonds is 4. The van der Waals surface area contributed by atoms with Crippen LogP contribution in [0.15, 0.2) is 54.6 Å². The Labute approximate surface area is 146 Å². The molecule has 5 heteroatoms. The zero-order chi connectivity index (χ0) is 17.6. The van der Waals surface area contributed by atoms with Gasteiger partial charge >= 0.3 is 5.97 Å². The molecule has 0 aliphatic carbocycles. The van der Waals surface area contributed by atoms with E-state index in [2.05, 4.69) is 0 Å². The van der Waals surface area contributed by atoms with Crippen LogP contribution in [0.1, 0.15) is 28.8 Å². The van der Waals surface area contributed by atoms with Crippen LogP contribution in [-0.4, -0.2) is 35.0 Å². The highest BCUT2D eigenvalue weighted by atomic mass is 16.5. The number of hydrogen-bond acceptors (Lipinski definition) is 4. The molecule has 0 atom stereocenters. The van der Waals surface area contributed by atoms with Crippen molar-refractivity contribution in [1.29, 1.82) is 0 Å². The second-order valence-corrected chi connectivity index (χ2v) is 6.21. The second-order valence-electron chi connectivity index (χ2n) is 6.21. The van der Waals surface area contributed by atoms with E-state index in [0.717, 1.165) is 5.56 Å². The minimum absolute atomic E-state index is 0.0731. The SMILES string of the molecule is O=C(OCc1ccccc1)C1CCN(C(=O)c2ccc(O)cc2)CC1. The van der Waals surface area contributed by atoms with Crippen LogP contribution in [0.25, 0.3) is 0 Å². The highest BCUT2D eigenvalue weighted by Gasteiger charge is 2.28. The van der Waals surface area contributed by atoms with E-state index in [1.807, 2.05) is 30.3 Å². The molecule has 0 saturated carbocycles. The Morgan fingerprint density at radius 1 is 1.00 bits per heavy atom. The first-order valence-corrected chi connectivity index (χ1v) is 8.42. The molecule has 2 aromatic carbocycles. The van der Waals surface area contributed by atoms with Crippen molar-refractivity contribution in [2.45, 2.75) is 19.4 Å². The number of carbonyl (C=O) groups excluding carboxylic acids is 2. The highest BCUT2D eigenvalue weighted by Crippen LogP contribution is 2.21. The Bertz CT molecular complexity index is 719. The van der Waals surface area contributed by atoms with Gasteiger partial charge in [-0.1, -0.05) is 30.3 Å². The quantitative estimate of drug-likeness (QED) is 0.870. The van der Waals surface area contributed by atoms with Crippen molar-refractivity contribution in [2.24, 2.45) is 5.92 Å². The fourth-order valence-corrected chi connectivity index (χ4v) is 2.95. The number of nitrogens with zero attached hydrogens (tertiary/aromatic N) is 1. The number of hydrogen-bond donors (Lipinski definition) is 1. The van der Waals surface area contributed by atoms with E-state index in [1.165, 1.54) is 12.1 Å². The number of piperidine rings is 1. The third-order valence-corrected chi connectivity index (χ3v) is 4.45. The van der Waals surface area contributed by atoms with Crippen LogP contribution in [0.5, 0.6) is 5.75 Å². The molecule has 1 N–H and O–H groups in total. The van der Waals surface area contributed by atoms with E-state index in [-0.39, 0.29) is 30.2 Å². The first-order chi connectivity index (χ1) is 12.1. The van der Waals surface area contributed by atoms with Crippen molar-refractivity contribution in [3.8, 4) is 5.75 Å². The lowest BCUT2D eigenvalue weighted by Crippen LogP contribution is -2.40. The summed E-state index contributed by atoms with van der Waals surface area (Å²) >= 11 is 0. The fraction of sp³-hybridized carbons (Fsp3) is 0.300. The van der Waals surface area contributed by atoms with Gasteiger partial charge in [-0.2, -0.15) is 0 Å². The number of phenolic OH excluding ortho intramolecular Hbond substituents is 1. The molecule has 1 aliphatic heterocycles. The average molecular weight is 339 g/mol. The number of aromatic hydroxyl groups is 1. The van der Waals surface area contributed by atoms with Crippen LogP contribution in [0.3, 0.4) is 0 Å². The number of benzene rings is 2. The lowest BCUT2D eigenvalue weighted by atomic mass is 9.96. The van der Waals surface area contributed by atoms with Gasteiger partial charge in [-0.3, -0.25) is 9.59 Å². The predicted octanol–water partition coefficient (Wildman–Crippen LogP) is 2.99. The minimum Gasteiger partial charge on any atom is -0.508 e. The largest absolute Gasteiger partial charge is 0.508 e. The molecule has 2 aromatic rings. The predicted molar refractivity (Wildman–Crippen MR) is 93.0 cm³/mol. The summed E-state index contributed by atoms with van der Waals surface area (Å²) in [6.07, 6.45) is 1.22. The van der Waals surface area contributed by atoms with Gasteiger partial charge in [0, 0.05) is 18.7 Å². The number of phenols is 1. The van der Waals surface area contributed by atoms with E-state index < -0.39 is 0 Å². The molecule has 0 radical (unpaired) electrons. The van der Waals surface area contributed by atoms with Crippen LogP contribution in [0, 0.1) is 5.92 Å². The summed E-state index contributed by atoms with van der Waals surface area (Å²) in [6, 6.07) is 15.8. The number of carbonyl (C=O) groups is 2. The third kappa shape index (κ3) is 4.38. The monoisotopic (exact) mass is 339 g/mol. The van der Waals surface area contributed by atoms with Gasteiger partial charge in [-0.25, -0.2) is 0 Å². The first-order valence-electron chi connectivity index (χ1n) is 8.42. The summed E-state index contributed by atoms with van der Waals surface area (Å²) in [5.41, 5.74) is 1.51. The summed E-state index contributed by atoms with van der Waals surface area (Å²) in [7, 11) is 0. The molecular formula is C20H21NO4. The standard InChI is InChI=1S/C20H21NO4/c22-18-8-6-16(7-9-18)19(23)21-12-10-17(11-13-21)20(24)25-14-15-4-2-1-3-5-15/h1-9,17,22H,10-14H2. The van der Waals surface area contributed by atoms with Crippen LogP contribution < -0.4 is 0 Å². The lowest BCUT2D eigenvalue weighted by molar-refractivity contribution is -0.151. The summed E-state index contributed by atoms with van der Waals surface area (Å²) in [6.45, 7) is 1.35. The number of esters is 1. The Hall–Kier alpha value is -2.82. The molecule has 1 amide bonds. The smallest absolute Gasteiger partial charge is 0.309 e. The van der Waals surface area contributed by atoms with Gasteiger partial charge in [0.2, 0.25) is 0 Å². The summed E-state index contributed by atoms with van der Waals surface area (Å²) in [5, 5.41) is 9.30. The van der Waals surface area contributed by atoms with E-state index >= 15 is 0 Å². The summed E-state index contributed by atoms with van der Waals surface area (Å²) < 4.78 is 5.39. The van der Waals surface area contributed by atoms with Crippen molar-refractivity contribution < 1.29 is 19.4 Å². The summed E-state index contributed by atoms with van der Waals surface area (Å²) in [4.78, 5) is 26.4. The van der Waals surface area contributed by atoms with Crippen LogP contribution in [0.2, 0.25) is 0 Å². The van der Waals surface area contributed by atoms with Gasteiger partial charge in [0.15, 0.2) is 0 Å². The Morgan fingerprint density at radius 2 is 1.64 bits per heavy atom. The molecule has 1 saturated heterocycles. The van der Waals surface area contributed by atoms with Crippen LogP contribution in [-0.2, 0) is 16.1 Å². The Balaban J connectivity index is 1.48. The molecule has 130 valence electrons. The van der Waals surface area contributed by atoms with E-state index in [4.69, 9.17) is 4.74 Å². The summed E-state index contributed by atoms with van der Waals surface area (Å²) in [5.74, 6) is -0.291. The van der Waals surface area contributed by atoms with Crippen LogP contribution >= 0.6 is 0 Å². The van der Waals surface area contributed by atoms with Gasteiger partial charge < -0.3 is 14.7 Å². The molecule has 1 heterocycles. The highest BCUT2D eigenvalue weighted by molar-refractivity contribution is 5.94. The van der Waals surface area contributed by atoms with Gasteiger partial charge in [0.05, 0.1) is 5.92 Å². The lowest BCUT2D eigenvalue weighted by Gasteiger charge is -2.31. The van der Waals surface area contributed by atoms with Crippen molar-refractivity contribution >= 4 is 11.9 Å². The number of ether oxygens (including phenoxy) is 1. The second kappa shape index (κ2) is 7.83. The maximum Gasteiger partial charge on any atom is 0.309 e. The molecule has 3 rings (SSSR count). The van der Waals surface area contributed by atoms with Gasteiger partial charge in [0.25, 0.3) is 5.91 Å². The first kappa shape index (κ1) is 17.0. The molecule has 0 unspecified atom stereocenters. The minimum atomic E-state index is -0.194. The average Bonchev–Trinajstić information content (AvgIpc) is 2.67. The molecule has 1 fully saturated rings. The number of amides is 1. The van der Waals surface area contributed by atoms with E-state index in [9.17, 15) is 14.7 Å². The van der Waals surface area contributed by atoms with Gasteiger partial charge in [-0.05, 0) is 42.7 Å². The zero-order valence-electron chi connectivity index (χ0n) is 13.9. The van der Waals surface area contributed by atoms with Gasteiger partial charge in [0.1, 0.15) is 12.4 Å². The molecule has 0 bridgehead atoms. The van der Waals surface area contributed by atoms with Crippen molar-refractivity contribution in [3.63, 3.8) is 0 Å². The maximum absolute atomic E-state index is 12.4. The molecular weight excluding hydrogens is 318 g/mol. The molecule has 5 nitrogen and oxygen atoms in total. The van der Waals surface area contributed by atoms with E-state index in [0.29, 0.717) is 31.5 Å². The topological polar surface area (TPSA) is 66.8 Å². The number of likely N-dealkylation sites (tertiary alicyclic amines) is 1. The molecule has 25 heavy (non-hydrogen) atoms. The molecule has 1 aliphatic rings. The van der Waals surface area contributed by atoms with Crippen molar-refractivity contribution in [1.82, 2.24) is 4.90 Å². The Morgan fingerprint density at radius 3 is 2.28 bits per heavy atom. The molecule has 0 spiro atoms. The third-order valence-electron chi connectivity index (χ3n) is 4.45. The Kier molecular flexibility index (Phi) is 5.33. The molecule has 0 aromatic heterocycles. The van der Waals surface area contributed by atoms with E-state index in [1.54, 1.807) is 17.0 Å². The van der Waals surface area contributed by atoms with Crippen LogP contribution in [0.4, 0.5) is 0 Å². The van der Waals surface area contributed by atoms with Crippen molar-refractivity contribution in [2.75, 3.05) is 13.1 Å².